The number of hydrogen-bond acceptors (Lipinski definition) is 6. The molecule has 8 heteroatoms. The molecule has 2 atom stereocenters. The van der Waals surface area contributed by atoms with Gasteiger partial charge in [0.05, 0.1) is 24.4 Å². The van der Waals surface area contributed by atoms with E-state index in [9.17, 15) is 8.42 Å². The van der Waals surface area contributed by atoms with Gasteiger partial charge in [-0.3, -0.25) is 4.57 Å². The van der Waals surface area contributed by atoms with E-state index in [1.807, 2.05) is 31.2 Å². The molecule has 160 valence electrons. The van der Waals surface area contributed by atoms with E-state index in [1.165, 1.54) is 0 Å². The minimum atomic E-state index is -3.68. The van der Waals surface area contributed by atoms with Crippen LogP contribution in [0.2, 0.25) is 0 Å². The largest absolute Gasteiger partial charge is 0.376 e. The predicted octanol–water partition coefficient (Wildman–Crippen LogP) is 3.14. The average Bonchev–Trinajstić information content (AvgIpc) is 3.31. The smallest absolute Gasteiger partial charge is 0.250 e. The molecule has 0 bridgehead atoms. The van der Waals surface area contributed by atoms with E-state index in [2.05, 4.69) is 31.0 Å². The number of sulfone groups is 1. The van der Waals surface area contributed by atoms with Crippen molar-refractivity contribution in [2.75, 3.05) is 6.61 Å². The maximum atomic E-state index is 13.2. The van der Waals surface area contributed by atoms with Crippen LogP contribution in [0.5, 0.6) is 0 Å². The zero-order valence-electron chi connectivity index (χ0n) is 17.8. The van der Waals surface area contributed by atoms with Crippen LogP contribution in [-0.2, 0) is 32.3 Å². The van der Waals surface area contributed by atoms with E-state index in [-0.39, 0.29) is 28.5 Å². The molecular weight excluding hydrogens is 388 g/mol. The van der Waals surface area contributed by atoms with Gasteiger partial charge < -0.3 is 10.5 Å². The Morgan fingerprint density at radius 3 is 2.48 bits per heavy atom. The Labute approximate surface area is 173 Å². The maximum Gasteiger partial charge on any atom is 0.250 e. The minimum Gasteiger partial charge on any atom is -0.376 e. The predicted molar refractivity (Wildman–Crippen MR) is 112 cm³/mol. The quantitative estimate of drug-likeness (QED) is 0.739. The fraction of sp³-hybridized carbons (Fsp3) is 0.619. The summed E-state index contributed by atoms with van der Waals surface area (Å²) in [6.45, 7) is 9.44. The van der Waals surface area contributed by atoms with E-state index in [1.54, 1.807) is 4.57 Å². The molecule has 1 fully saturated rings. The Bertz CT molecular complexity index is 924. The van der Waals surface area contributed by atoms with Crippen molar-refractivity contribution in [2.24, 2.45) is 5.73 Å². The second-order valence-corrected chi connectivity index (χ2v) is 10.7. The lowest BCUT2D eigenvalue weighted by molar-refractivity contribution is 0.0937. The third-order valence-electron chi connectivity index (χ3n) is 5.38. The molecular formula is C21H32N4O3S. The Hall–Kier alpha value is -1.77. The van der Waals surface area contributed by atoms with Gasteiger partial charge in [-0.15, -0.1) is 10.2 Å². The van der Waals surface area contributed by atoms with E-state index in [0.717, 1.165) is 24.0 Å². The van der Waals surface area contributed by atoms with E-state index < -0.39 is 9.84 Å². The number of hydrogen-bond donors (Lipinski definition) is 1. The number of ether oxygens (including phenoxy) is 1. The van der Waals surface area contributed by atoms with E-state index in [0.29, 0.717) is 25.4 Å². The van der Waals surface area contributed by atoms with Gasteiger partial charge in [0.2, 0.25) is 15.0 Å². The molecule has 2 aromatic rings. The lowest BCUT2D eigenvalue weighted by Gasteiger charge is -2.19. The molecule has 1 saturated heterocycles. The maximum absolute atomic E-state index is 13.2. The zero-order valence-corrected chi connectivity index (χ0v) is 18.6. The highest BCUT2D eigenvalue weighted by atomic mass is 32.2. The molecule has 3 rings (SSSR count). The van der Waals surface area contributed by atoms with Crippen LogP contribution in [0, 0.1) is 0 Å². The van der Waals surface area contributed by atoms with Gasteiger partial charge in [0.25, 0.3) is 0 Å². The van der Waals surface area contributed by atoms with Gasteiger partial charge in [-0.1, -0.05) is 52.0 Å². The van der Waals surface area contributed by atoms with Gasteiger partial charge in [0.15, 0.2) is 5.82 Å². The molecule has 29 heavy (non-hydrogen) atoms. The standard InChI is InChI=1S/C21H32N4O3S/c1-5-18(22)19-23-24-20(25(19)13-17-7-6-12-28-17)29(26,27)14-15-8-10-16(11-9-15)21(2,3)4/h8-11,17-18H,5-7,12-14,22H2,1-4H3. The zero-order chi connectivity index (χ0) is 21.2. The molecule has 1 aliphatic heterocycles. The second kappa shape index (κ2) is 8.53. The Morgan fingerprint density at radius 2 is 1.93 bits per heavy atom. The summed E-state index contributed by atoms with van der Waals surface area (Å²) < 4.78 is 33.8. The number of nitrogens with zero attached hydrogens (tertiary/aromatic N) is 3. The third-order valence-corrected chi connectivity index (χ3v) is 6.95. The van der Waals surface area contributed by atoms with E-state index in [4.69, 9.17) is 10.5 Å². The molecule has 2 heterocycles. The summed E-state index contributed by atoms with van der Waals surface area (Å²) in [7, 11) is -3.68. The average molecular weight is 421 g/mol. The lowest BCUT2D eigenvalue weighted by Crippen LogP contribution is -2.24. The second-order valence-electron chi connectivity index (χ2n) is 8.81. The minimum absolute atomic E-state index is 0.0179. The summed E-state index contributed by atoms with van der Waals surface area (Å²) in [5.74, 6) is 0.382. The van der Waals surface area contributed by atoms with Crippen molar-refractivity contribution in [1.29, 1.82) is 0 Å². The van der Waals surface area contributed by atoms with Gasteiger partial charge in [0.1, 0.15) is 0 Å². The summed E-state index contributed by atoms with van der Waals surface area (Å²) in [5.41, 5.74) is 8.09. The Kier molecular flexibility index (Phi) is 6.45. The first-order valence-corrected chi connectivity index (χ1v) is 11.9. The normalized spacial score (nSPS) is 18.9. The van der Waals surface area contributed by atoms with Gasteiger partial charge in [-0.25, -0.2) is 8.42 Å². The SMILES string of the molecule is CCC(N)c1nnc(S(=O)(=O)Cc2ccc(C(C)(C)C)cc2)n1CC1CCCO1. The molecule has 7 nitrogen and oxygen atoms in total. The highest BCUT2D eigenvalue weighted by Crippen LogP contribution is 2.25. The first-order valence-electron chi connectivity index (χ1n) is 10.2. The topological polar surface area (TPSA) is 100 Å². The van der Waals surface area contributed by atoms with Gasteiger partial charge in [-0.2, -0.15) is 0 Å². The fourth-order valence-electron chi connectivity index (χ4n) is 3.54. The molecule has 2 N–H and O–H groups in total. The summed E-state index contributed by atoms with van der Waals surface area (Å²) in [5, 5.41) is 8.16. The lowest BCUT2D eigenvalue weighted by atomic mass is 9.87. The highest BCUT2D eigenvalue weighted by Gasteiger charge is 2.29. The molecule has 1 aliphatic rings. The summed E-state index contributed by atoms with van der Waals surface area (Å²) in [6, 6.07) is 7.36. The monoisotopic (exact) mass is 420 g/mol. The summed E-state index contributed by atoms with van der Waals surface area (Å²) in [6.07, 6.45) is 2.49. The number of benzene rings is 1. The Balaban J connectivity index is 1.90. The first-order chi connectivity index (χ1) is 13.6. The van der Waals surface area contributed by atoms with Crippen molar-refractivity contribution in [1.82, 2.24) is 14.8 Å². The van der Waals surface area contributed by atoms with E-state index >= 15 is 0 Å². The van der Waals surface area contributed by atoms with Crippen LogP contribution in [0.15, 0.2) is 29.4 Å². The van der Waals surface area contributed by atoms with Crippen molar-refractivity contribution >= 4 is 9.84 Å². The molecule has 0 radical (unpaired) electrons. The van der Waals surface area contributed by atoms with Crippen LogP contribution in [0.3, 0.4) is 0 Å². The van der Waals surface area contributed by atoms with Crippen LogP contribution < -0.4 is 5.73 Å². The van der Waals surface area contributed by atoms with Crippen LogP contribution in [0.25, 0.3) is 0 Å². The van der Waals surface area contributed by atoms with Gasteiger partial charge in [0, 0.05) is 6.61 Å². The van der Waals surface area contributed by atoms with Crippen LogP contribution in [0.4, 0.5) is 0 Å². The number of aromatic nitrogens is 3. The fourth-order valence-corrected chi connectivity index (χ4v) is 4.96. The van der Waals surface area contributed by atoms with Crippen molar-refractivity contribution < 1.29 is 13.2 Å². The van der Waals surface area contributed by atoms with Crippen molar-refractivity contribution in [3.8, 4) is 0 Å². The molecule has 1 aromatic heterocycles. The summed E-state index contributed by atoms with van der Waals surface area (Å²) in [4.78, 5) is 0. The van der Waals surface area contributed by atoms with Crippen molar-refractivity contribution in [3.05, 3.63) is 41.2 Å². The third kappa shape index (κ3) is 5.05. The van der Waals surface area contributed by atoms with Gasteiger partial charge >= 0.3 is 0 Å². The molecule has 2 unspecified atom stereocenters. The molecule has 1 aromatic carbocycles. The van der Waals surface area contributed by atoms with Crippen LogP contribution in [0.1, 0.15) is 70.0 Å². The summed E-state index contributed by atoms with van der Waals surface area (Å²) >= 11 is 0. The van der Waals surface area contributed by atoms with Gasteiger partial charge in [-0.05, 0) is 35.8 Å². The molecule has 0 aliphatic carbocycles. The van der Waals surface area contributed by atoms with Crippen LogP contribution in [-0.4, -0.2) is 35.9 Å². The molecule has 0 amide bonds. The first kappa shape index (κ1) is 21.9. The Morgan fingerprint density at radius 1 is 1.24 bits per heavy atom. The number of nitrogens with two attached hydrogens (primary N) is 1. The van der Waals surface area contributed by atoms with Crippen molar-refractivity contribution in [2.45, 2.75) is 82.0 Å². The van der Waals surface area contributed by atoms with Crippen LogP contribution >= 0.6 is 0 Å². The van der Waals surface area contributed by atoms with Crippen molar-refractivity contribution in [3.63, 3.8) is 0 Å². The number of rotatable bonds is 7. The highest BCUT2D eigenvalue weighted by molar-refractivity contribution is 7.90. The molecule has 0 spiro atoms. The molecule has 0 saturated carbocycles.